The summed E-state index contributed by atoms with van der Waals surface area (Å²) in [5.74, 6) is -2.07. The van der Waals surface area contributed by atoms with Crippen molar-refractivity contribution >= 4 is 36.3 Å². The van der Waals surface area contributed by atoms with Gasteiger partial charge in [-0.05, 0) is 31.4 Å². The fraction of sp³-hybridized carbons (Fsp3) is 0.333. The summed E-state index contributed by atoms with van der Waals surface area (Å²) in [5, 5.41) is 7.42. The molecule has 0 saturated heterocycles. The first-order valence-electron chi connectivity index (χ1n) is 13.4. The fourth-order valence-electron chi connectivity index (χ4n) is 2.39. The Hall–Kier alpha value is -5.26. The van der Waals surface area contributed by atoms with Crippen LogP contribution >= 0.6 is 0 Å². The molecule has 0 aliphatic carbocycles. The van der Waals surface area contributed by atoms with Crippen molar-refractivity contribution in [2.45, 2.75) is 47.0 Å². The van der Waals surface area contributed by atoms with Crippen molar-refractivity contribution in [3.63, 3.8) is 0 Å². The predicted octanol–water partition coefficient (Wildman–Crippen LogP) is 5.31. The van der Waals surface area contributed by atoms with E-state index < -0.39 is 23.9 Å². The second-order valence-electron chi connectivity index (χ2n) is 8.45. The Morgan fingerprint density at radius 2 is 1.18 bits per heavy atom. The molecule has 45 heavy (non-hydrogen) atoms. The van der Waals surface area contributed by atoms with E-state index >= 15 is 0 Å². The third-order valence-corrected chi connectivity index (χ3v) is 4.21. The van der Waals surface area contributed by atoms with E-state index in [1.807, 2.05) is 12.1 Å². The standard InChI is InChI=1S/C12H10.C9H14O4.C8H12O4.2C2H4O2/c1-3-7-11(8-4-1)12-9-5-2-6-10-12;1-7(2)9(11)13-6-4-5-8(10)12-3;1-6(2)12-8(10)4-5-11-7(3)9;1-4-2-3;1-2(3)4/h1-10H;1,4-6H2,2-3H3;1,4-5H2,2-3H3;2H,1H3;1H3,(H,3,4). The minimum atomic E-state index is -0.833. The maximum absolute atomic E-state index is 10.8. The molecule has 0 radical (unpaired) electrons. The van der Waals surface area contributed by atoms with E-state index in [1.165, 1.54) is 32.3 Å². The van der Waals surface area contributed by atoms with Crippen LogP contribution in [0.2, 0.25) is 0 Å². The number of hydrogen-bond acceptors (Lipinski definition) is 11. The van der Waals surface area contributed by atoms with E-state index in [4.69, 9.17) is 19.4 Å². The van der Waals surface area contributed by atoms with Crippen molar-refractivity contribution in [2.24, 2.45) is 0 Å². The van der Waals surface area contributed by atoms with E-state index in [2.05, 4.69) is 80.6 Å². The molecule has 0 saturated carbocycles. The average Bonchev–Trinajstić information content (AvgIpc) is 2.99. The Labute approximate surface area is 264 Å². The third-order valence-electron chi connectivity index (χ3n) is 4.21. The van der Waals surface area contributed by atoms with Gasteiger partial charge in [0, 0.05) is 25.8 Å². The molecule has 0 aliphatic rings. The number of methoxy groups -OCH3 is 2. The van der Waals surface area contributed by atoms with Crippen molar-refractivity contribution < 1.29 is 57.6 Å². The van der Waals surface area contributed by atoms with Gasteiger partial charge in [0.25, 0.3) is 12.4 Å². The maximum atomic E-state index is 10.8. The number of carbonyl (C=O) groups is 6. The molecule has 0 atom stereocenters. The number of hydrogen-bond donors (Lipinski definition) is 1. The van der Waals surface area contributed by atoms with E-state index in [1.54, 1.807) is 13.8 Å². The van der Waals surface area contributed by atoms with Gasteiger partial charge in [0.05, 0.1) is 33.0 Å². The number of carboxylic acid groups (broad SMARTS) is 1. The molecule has 248 valence electrons. The van der Waals surface area contributed by atoms with Gasteiger partial charge in [-0.2, -0.15) is 0 Å². The van der Waals surface area contributed by atoms with Gasteiger partial charge in [0.15, 0.2) is 0 Å². The van der Waals surface area contributed by atoms with Crippen molar-refractivity contribution in [2.75, 3.05) is 27.4 Å². The summed E-state index contributed by atoms with van der Waals surface area (Å²) in [6.07, 6.45) is 0.804. The monoisotopic (exact) mass is 632 g/mol. The zero-order chi connectivity index (χ0) is 35.0. The highest BCUT2D eigenvalue weighted by Crippen LogP contribution is 2.17. The molecule has 0 amide bonds. The number of rotatable bonds is 11. The summed E-state index contributed by atoms with van der Waals surface area (Å²) in [6.45, 7) is 13.0. The molecule has 0 fully saturated rings. The number of benzene rings is 2. The van der Waals surface area contributed by atoms with Crippen LogP contribution in [-0.2, 0) is 52.5 Å². The maximum Gasteiger partial charge on any atom is 0.333 e. The summed E-state index contributed by atoms with van der Waals surface area (Å²) in [5.41, 5.74) is 2.91. The van der Waals surface area contributed by atoms with Gasteiger partial charge in [0.1, 0.15) is 6.61 Å². The topological polar surface area (TPSA) is 169 Å². The van der Waals surface area contributed by atoms with Crippen LogP contribution in [0.4, 0.5) is 0 Å². The number of carbonyl (C=O) groups excluding carboxylic acids is 5. The van der Waals surface area contributed by atoms with Crippen molar-refractivity contribution in [1.29, 1.82) is 0 Å². The highest BCUT2D eigenvalue weighted by Gasteiger charge is 2.05. The molecule has 0 heterocycles. The highest BCUT2D eigenvalue weighted by molar-refractivity contribution is 5.86. The molecule has 2 rings (SSSR count). The fourth-order valence-corrected chi connectivity index (χ4v) is 2.39. The lowest BCUT2D eigenvalue weighted by Crippen LogP contribution is -2.09. The quantitative estimate of drug-likeness (QED) is 0.0847. The smallest absolute Gasteiger partial charge is 0.333 e. The first-order valence-corrected chi connectivity index (χ1v) is 13.4. The molecule has 0 unspecified atom stereocenters. The van der Waals surface area contributed by atoms with Gasteiger partial charge >= 0.3 is 23.9 Å². The summed E-state index contributed by atoms with van der Waals surface area (Å²) in [4.78, 5) is 60.4. The van der Waals surface area contributed by atoms with E-state index in [-0.39, 0.29) is 32.0 Å². The van der Waals surface area contributed by atoms with Gasteiger partial charge in [-0.1, -0.05) is 73.8 Å². The number of ether oxygens (including phenoxy) is 5. The van der Waals surface area contributed by atoms with Crippen molar-refractivity contribution in [3.05, 3.63) is 85.2 Å². The molecule has 0 bridgehead atoms. The molecule has 0 aliphatic heterocycles. The zero-order valence-electron chi connectivity index (χ0n) is 26.7. The van der Waals surface area contributed by atoms with Crippen molar-refractivity contribution in [1.82, 2.24) is 0 Å². The molecular weight excluding hydrogens is 588 g/mol. The van der Waals surface area contributed by atoms with Gasteiger partial charge in [-0.15, -0.1) is 0 Å². The second-order valence-corrected chi connectivity index (χ2v) is 8.45. The SMILES string of the molecule is C=C(C)C(=O)OCCCC(=O)OC.C=C(C)OC(=O)CCOC(C)=O.CC(=O)O.COC=O.c1ccc(-c2ccccc2)cc1. The first kappa shape index (κ1) is 44.2. The summed E-state index contributed by atoms with van der Waals surface area (Å²) < 4.78 is 22.2. The average molecular weight is 633 g/mol. The Kier molecular flexibility index (Phi) is 29.7. The van der Waals surface area contributed by atoms with Crippen LogP contribution in [0, 0.1) is 0 Å². The molecule has 0 spiro atoms. The largest absolute Gasteiger partial charge is 0.481 e. The van der Waals surface area contributed by atoms with E-state index in [0.717, 1.165) is 6.92 Å². The summed E-state index contributed by atoms with van der Waals surface area (Å²) in [6, 6.07) is 20.8. The number of esters is 4. The number of allylic oxidation sites excluding steroid dienone is 1. The minimum Gasteiger partial charge on any atom is -0.481 e. The summed E-state index contributed by atoms with van der Waals surface area (Å²) in [7, 11) is 2.63. The third kappa shape index (κ3) is 34.8. The molecule has 12 heteroatoms. The predicted molar refractivity (Wildman–Crippen MR) is 167 cm³/mol. The van der Waals surface area contributed by atoms with Gasteiger partial charge in [-0.25, -0.2) is 4.79 Å². The zero-order valence-corrected chi connectivity index (χ0v) is 26.7. The second kappa shape index (κ2) is 30.2. The van der Waals surface area contributed by atoms with Crippen molar-refractivity contribution in [3.8, 4) is 11.1 Å². The first-order chi connectivity index (χ1) is 21.2. The van der Waals surface area contributed by atoms with Gasteiger partial charge < -0.3 is 28.8 Å². The lowest BCUT2D eigenvalue weighted by atomic mass is 10.1. The summed E-state index contributed by atoms with van der Waals surface area (Å²) >= 11 is 0. The Bertz CT molecular complexity index is 1120. The molecule has 12 nitrogen and oxygen atoms in total. The lowest BCUT2D eigenvalue weighted by molar-refractivity contribution is -0.146. The Balaban J connectivity index is -0.000000524. The normalized spacial score (nSPS) is 8.58. The Morgan fingerprint density at radius 3 is 1.51 bits per heavy atom. The Morgan fingerprint density at radius 1 is 0.733 bits per heavy atom. The van der Waals surface area contributed by atoms with Crippen LogP contribution in [0.5, 0.6) is 0 Å². The molecule has 0 aromatic heterocycles. The minimum absolute atomic E-state index is 0.0570. The van der Waals surface area contributed by atoms with Crippen LogP contribution < -0.4 is 0 Å². The van der Waals surface area contributed by atoms with E-state index in [0.29, 0.717) is 24.2 Å². The molecule has 2 aromatic rings. The van der Waals surface area contributed by atoms with Gasteiger partial charge in [-0.3, -0.25) is 24.0 Å². The molecular formula is C33H44O12. The van der Waals surface area contributed by atoms with Crippen LogP contribution in [0.25, 0.3) is 11.1 Å². The van der Waals surface area contributed by atoms with Crippen LogP contribution in [0.3, 0.4) is 0 Å². The number of carboxylic acids is 1. The molecule has 1 N–H and O–H groups in total. The van der Waals surface area contributed by atoms with Crippen LogP contribution in [0.1, 0.15) is 47.0 Å². The van der Waals surface area contributed by atoms with Gasteiger partial charge in [0.2, 0.25) is 0 Å². The van der Waals surface area contributed by atoms with E-state index in [9.17, 15) is 19.2 Å². The lowest BCUT2D eigenvalue weighted by Gasteiger charge is -2.02. The molecule has 2 aromatic carbocycles. The number of aliphatic carboxylic acids is 1. The van der Waals surface area contributed by atoms with Crippen LogP contribution in [0.15, 0.2) is 85.2 Å². The van der Waals surface area contributed by atoms with Crippen LogP contribution in [-0.4, -0.2) is 68.9 Å². The highest BCUT2D eigenvalue weighted by atomic mass is 16.6.